The highest BCUT2D eigenvalue weighted by Gasteiger charge is 2.21. The second kappa shape index (κ2) is 8.82. The van der Waals surface area contributed by atoms with Crippen LogP contribution in [0.2, 0.25) is 0 Å². The normalized spacial score (nSPS) is 17.7. The van der Waals surface area contributed by atoms with Gasteiger partial charge in [0.1, 0.15) is 34.9 Å². The average Bonchev–Trinajstić information content (AvgIpc) is 3.16. The molecule has 1 aliphatic rings. The van der Waals surface area contributed by atoms with Gasteiger partial charge in [-0.2, -0.15) is 4.98 Å². The molecule has 154 valence electrons. The highest BCUT2D eigenvalue weighted by atomic mass is 19.1. The second-order valence-corrected chi connectivity index (χ2v) is 7.47. The van der Waals surface area contributed by atoms with Crippen molar-refractivity contribution in [3.05, 3.63) is 36.2 Å². The van der Waals surface area contributed by atoms with Crippen LogP contribution in [0.3, 0.4) is 0 Å². The SMILES string of the molecule is CC[C@@H]1CCCCN1CCCNc1ncnc2onc(-c3cc(F)cc(F)c3)c12. The predicted octanol–water partition coefficient (Wildman–Crippen LogP) is 4.63. The van der Waals surface area contributed by atoms with E-state index in [1.165, 1.54) is 44.1 Å². The van der Waals surface area contributed by atoms with Crippen molar-refractivity contribution in [3.8, 4) is 11.3 Å². The van der Waals surface area contributed by atoms with Crippen LogP contribution in [0.25, 0.3) is 22.4 Å². The monoisotopic (exact) mass is 401 g/mol. The van der Waals surface area contributed by atoms with E-state index in [1.54, 1.807) is 0 Å². The number of piperidine rings is 1. The number of fused-ring (bicyclic) bond motifs is 1. The number of anilines is 1. The van der Waals surface area contributed by atoms with Crippen molar-refractivity contribution in [3.63, 3.8) is 0 Å². The minimum Gasteiger partial charge on any atom is -0.369 e. The van der Waals surface area contributed by atoms with E-state index in [0.29, 0.717) is 28.5 Å². The molecule has 0 amide bonds. The molecular formula is C21H25F2N5O. The van der Waals surface area contributed by atoms with Gasteiger partial charge in [-0.3, -0.25) is 0 Å². The molecule has 1 N–H and O–H groups in total. The van der Waals surface area contributed by atoms with Crippen LogP contribution < -0.4 is 5.32 Å². The summed E-state index contributed by atoms with van der Waals surface area (Å²) in [4.78, 5) is 11.0. The summed E-state index contributed by atoms with van der Waals surface area (Å²) in [5, 5.41) is 7.82. The van der Waals surface area contributed by atoms with Gasteiger partial charge in [0.15, 0.2) is 0 Å². The topological polar surface area (TPSA) is 67.1 Å². The Morgan fingerprint density at radius 1 is 1.17 bits per heavy atom. The first-order chi connectivity index (χ1) is 14.2. The van der Waals surface area contributed by atoms with Gasteiger partial charge in [0.2, 0.25) is 0 Å². The molecule has 1 atom stereocenters. The number of likely N-dealkylation sites (tertiary alicyclic amines) is 1. The number of hydrogen-bond acceptors (Lipinski definition) is 6. The van der Waals surface area contributed by atoms with Crippen LogP contribution in [-0.2, 0) is 0 Å². The van der Waals surface area contributed by atoms with Gasteiger partial charge in [-0.05, 0) is 44.4 Å². The fourth-order valence-electron chi connectivity index (χ4n) is 4.11. The summed E-state index contributed by atoms with van der Waals surface area (Å²) in [6.45, 7) is 5.17. The van der Waals surface area contributed by atoms with Crippen molar-refractivity contribution >= 4 is 16.9 Å². The van der Waals surface area contributed by atoms with Crippen LogP contribution in [0.4, 0.5) is 14.6 Å². The molecule has 3 heterocycles. The van der Waals surface area contributed by atoms with Gasteiger partial charge < -0.3 is 14.7 Å². The lowest BCUT2D eigenvalue weighted by atomic mass is 10.00. The van der Waals surface area contributed by atoms with E-state index in [1.807, 2.05) is 0 Å². The Morgan fingerprint density at radius 2 is 2.00 bits per heavy atom. The van der Waals surface area contributed by atoms with Crippen molar-refractivity contribution < 1.29 is 13.3 Å². The maximum absolute atomic E-state index is 13.7. The third-order valence-corrected chi connectivity index (χ3v) is 5.54. The molecule has 0 aliphatic carbocycles. The molecule has 29 heavy (non-hydrogen) atoms. The second-order valence-electron chi connectivity index (χ2n) is 7.47. The summed E-state index contributed by atoms with van der Waals surface area (Å²) >= 11 is 0. The fraction of sp³-hybridized carbons (Fsp3) is 0.476. The number of rotatable bonds is 7. The molecular weight excluding hydrogens is 376 g/mol. The summed E-state index contributed by atoms with van der Waals surface area (Å²) in [5.74, 6) is -0.786. The molecule has 6 nitrogen and oxygen atoms in total. The van der Waals surface area contributed by atoms with Crippen molar-refractivity contribution in [1.29, 1.82) is 0 Å². The van der Waals surface area contributed by atoms with E-state index in [-0.39, 0.29) is 5.71 Å². The third-order valence-electron chi connectivity index (χ3n) is 5.54. The number of nitrogens with zero attached hydrogens (tertiary/aromatic N) is 4. The minimum absolute atomic E-state index is 0.282. The van der Waals surface area contributed by atoms with Gasteiger partial charge >= 0.3 is 0 Å². The minimum atomic E-state index is -0.672. The number of halogens is 2. The van der Waals surface area contributed by atoms with E-state index < -0.39 is 11.6 Å². The van der Waals surface area contributed by atoms with E-state index in [4.69, 9.17) is 4.52 Å². The number of hydrogen-bond donors (Lipinski definition) is 1. The van der Waals surface area contributed by atoms with Crippen LogP contribution >= 0.6 is 0 Å². The predicted molar refractivity (Wildman–Crippen MR) is 108 cm³/mol. The van der Waals surface area contributed by atoms with Gasteiger partial charge in [-0.15, -0.1) is 0 Å². The molecule has 4 rings (SSSR count). The van der Waals surface area contributed by atoms with Crippen LogP contribution in [0.1, 0.15) is 39.0 Å². The molecule has 0 unspecified atom stereocenters. The molecule has 3 aromatic rings. The van der Waals surface area contributed by atoms with Gasteiger partial charge in [0, 0.05) is 30.8 Å². The Morgan fingerprint density at radius 3 is 2.79 bits per heavy atom. The van der Waals surface area contributed by atoms with Crippen LogP contribution in [0, 0.1) is 11.6 Å². The molecule has 1 saturated heterocycles. The van der Waals surface area contributed by atoms with Gasteiger partial charge in [-0.1, -0.05) is 18.5 Å². The van der Waals surface area contributed by atoms with E-state index in [0.717, 1.165) is 32.1 Å². The molecule has 8 heteroatoms. The van der Waals surface area contributed by atoms with Gasteiger partial charge in [0.25, 0.3) is 5.71 Å². The molecule has 0 spiro atoms. The molecule has 1 fully saturated rings. The first-order valence-electron chi connectivity index (χ1n) is 10.2. The Kier molecular flexibility index (Phi) is 5.99. The lowest BCUT2D eigenvalue weighted by Gasteiger charge is -2.35. The summed E-state index contributed by atoms with van der Waals surface area (Å²) in [7, 11) is 0. The largest absolute Gasteiger partial charge is 0.369 e. The summed E-state index contributed by atoms with van der Waals surface area (Å²) < 4.78 is 32.6. The summed E-state index contributed by atoms with van der Waals surface area (Å²) in [5.41, 5.74) is 0.894. The first kappa shape index (κ1) is 19.7. The molecule has 0 radical (unpaired) electrons. The summed E-state index contributed by atoms with van der Waals surface area (Å²) in [6, 6.07) is 3.95. The number of benzene rings is 1. The van der Waals surface area contributed by atoms with Crippen molar-refractivity contribution in [2.45, 2.75) is 45.1 Å². The lowest BCUT2D eigenvalue weighted by Crippen LogP contribution is -2.40. The Bertz CT molecular complexity index is 957. The summed E-state index contributed by atoms with van der Waals surface area (Å²) in [6.07, 6.45) is 7.42. The fourth-order valence-corrected chi connectivity index (χ4v) is 4.11. The standard InChI is InChI=1S/C21H25F2N5O/c1-2-17-6-3-4-8-28(17)9-5-7-24-20-18-19(27-29-21(18)26-13-25-20)14-10-15(22)12-16(23)11-14/h10-13,17H,2-9H2,1H3,(H,24,25,26)/t17-/m1/s1. The maximum atomic E-state index is 13.7. The smallest absolute Gasteiger partial charge is 0.263 e. The molecule has 0 saturated carbocycles. The van der Waals surface area contributed by atoms with Crippen molar-refractivity contribution in [2.75, 3.05) is 25.0 Å². The third kappa shape index (κ3) is 4.37. The zero-order valence-corrected chi connectivity index (χ0v) is 16.5. The molecule has 0 bridgehead atoms. The highest BCUT2D eigenvalue weighted by molar-refractivity contribution is 5.97. The average molecular weight is 401 g/mol. The van der Waals surface area contributed by atoms with Crippen LogP contribution in [0.5, 0.6) is 0 Å². The lowest BCUT2D eigenvalue weighted by molar-refractivity contribution is 0.144. The van der Waals surface area contributed by atoms with Crippen LogP contribution in [0.15, 0.2) is 29.0 Å². The molecule has 1 aliphatic heterocycles. The maximum Gasteiger partial charge on any atom is 0.263 e. The van der Waals surface area contributed by atoms with Crippen LogP contribution in [-0.4, -0.2) is 45.7 Å². The van der Waals surface area contributed by atoms with E-state index in [9.17, 15) is 8.78 Å². The van der Waals surface area contributed by atoms with Crippen molar-refractivity contribution in [2.24, 2.45) is 0 Å². The van der Waals surface area contributed by atoms with E-state index >= 15 is 0 Å². The van der Waals surface area contributed by atoms with Crippen molar-refractivity contribution in [1.82, 2.24) is 20.0 Å². The van der Waals surface area contributed by atoms with Gasteiger partial charge in [0.05, 0.1) is 0 Å². The quantitative estimate of drug-likeness (QED) is 0.582. The zero-order valence-electron chi connectivity index (χ0n) is 16.5. The Labute approximate surface area is 168 Å². The number of aromatic nitrogens is 3. The van der Waals surface area contributed by atoms with Gasteiger partial charge in [-0.25, -0.2) is 13.8 Å². The Hall–Kier alpha value is -2.61. The van der Waals surface area contributed by atoms with E-state index in [2.05, 4.69) is 32.3 Å². The molecule has 2 aromatic heterocycles. The number of nitrogens with one attached hydrogen (secondary N) is 1. The Balaban J connectivity index is 1.48. The highest BCUT2D eigenvalue weighted by Crippen LogP contribution is 2.32. The zero-order chi connectivity index (χ0) is 20.2. The molecule has 1 aromatic carbocycles. The first-order valence-corrected chi connectivity index (χ1v) is 10.2.